The molecule has 6 heteroatoms. The Labute approximate surface area is 106 Å². The van der Waals surface area contributed by atoms with Gasteiger partial charge >= 0.3 is 0 Å². The second-order valence-electron chi connectivity index (χ2n) is 3.09. The molecule has 0 radical (unpaired) electrons. The Bertz CT molecular complexity index is 334. The maximum atomic E-state index is 11.0. The molecule has 0 atom stereocenters. The minimum Gasteiger partial charge on any atom is -0.483 e. The zero-order chi connectivity index (χ0) is 13.1. The van der Waals surface area contributed by atoms with Crippen LogP contribution >= 0.6 is 11.9 Å². The van der Waals surface area contributed by atoms with E-state index < -0.39 is 0 Å². The van der Waals surface area contributed by atoms with Gasteiger partial charge in [0.05, 0.1) is 0 Å². The molecule has 0 heterocycles. The van der Waals surface area contributed by atoms with Gasteiger partial charge in [0, 0.05) is 7.05 Å². The standard InChI is InChI=1S/C10H14N2O2.CH5NS/c1-8-5-3-4-6-9(8)14-7-10(13)12-11-2;1-3-2/h3-6,11H,7H2,1-2H3,(H,12,13);2H2,1H3. The van der Waals surface area contributed by atoms with Crippen LogP contribution in [0.25, 0.3) is 0 Å². The van der Waals surface area contributed by atoms with Crippen molar-refractivity contribution in [3.05, 3.63) is 29.8 Å². The van der Waals surface area contributed by atoms with E-state index in [1.54, 1.807) is 7.05 Å². The summed E-state index contributed by atoms with van der Waals surface area (Å²) in [6, 6.07) is 7.57. The zero-order valence-electron chi connectivity index (χ0n) is 10.3. The largest absolute Gasteiger partial charge is 0.483 e. The Morgan fingerprint density at radius 3 is 2.59 bits per heavy atom. The van der Waals surface area contributed by atoms with Crippen LogP contribution in [0, 0.1) is 6.92 Å². The van der Waals surface area contributed by atoms with Crippen LogP contribution in [0.1, 0.15) is 5.56 Å². The highest BCUT2D eigenvalue weighted by Gasteiger charge is 2.02. The quantitative estimate of drug-likeness (QED) is 0.550. The first-order valence-electron chi connectivity index (χ1n) is 5.02. The molecule has 17 heavy (non-hydrogen) atoms. The second-order valence-corrected chi connectivity index (χ2v) is 3.56. The highest BCUT2D eigenvalue weighted by atomic mass is 32.2. The van der Waals surface area contributed by atoms with Gasteiger partial charge in [-0.05, 0) is 24.8 Å². The molecule has 0 fully saturated rings. The van der Waals surface area contributed by atoms with Crippen LogP contribution in [0.3, 0.4) is 0 Å². The number of nitrogens with one attached hydrogen (secondary N) is 2. The van der Waals surface area contributed by atoms with E-state index in [1.165, 1.54) is 11.9 Å². The third kappa shape index (κ3) is 7.62. The lowest BCUT2D eigenvalue weighted by Crippen LogP contribution is -2.37. The fraction of sp³-hybridized carbons (Fsp3) is 0.364. The number of aryl methyl sites for hydroxylation is 1. The fourth-order valence-electron chi connectivity index (χ4n) is 1.04. The Kier molecular flexibility index (Phi) is 9.22. The Balaban J connectivity index is 0.000000770. The molecule has 0 aliphatic heterocycles. The summed E-state index contributed by atoms with van der Waals surface area (Å²) in [6.45, 7) is 1.96. The number of hydrazine groups is 1. The minimum atomic E-state index is -0.198. The molecule has 5 nitrogen and oxygen atoms in total. The fourth-order valence-corrected chi connectivity index (χ4v) is 1.04. The summed E-state index contributed by atoms with van der Waals surface area (Å²) >= 11 is 1.25. The summed E-state index contributed by atoms with van der Waals surface area (Å²) in [5, 5.41) is 4.76. The lowest BCUT2D eigenvalue weighted by Gasteiger charge is -2.08. The van der Waals surface area contributed by atoms with Crippen LogP contribution in [-0.2, 0) is 4.79 Å². The number of para-hydroxylation sites is 1. The van der Waals surface area contributed by atoms with Crippen LogP contribution in [0.2, 0.25) is 0 Å². The summed E-state index contributed by atoms with van der Waals surface area (Å²) in [4.78, 5) is 11.0. The van der Waals surface area contributed by atoms with E-state index >= 15 is 0 Å². The topological polar surface area (TPSA) is 76.4 Å². The Morgan fingerprint density at radius 1 is 1.47 bits per heavy atom. The molecule has 0 aliphatic carbocycles. The van der Waals surface area contributed by atoms with Crippen molar-refractivity contribution in [1.29, 1.82) is 0 Å². The average molecular weight is 257 g/mol. The third-order valence-electron chi connectivity index (χ3n) is 1.72. The van der Waals surface area contributed by atoms with Crippen molar-refractivity contribution in [2.75, 3.05) is 19.9 Å². The maximum absolute atomic E-state index is 11.0. The highest BCUT2D eigenvalue weighted by molar-refractivity contribution is 7.96. The molecular weight excluding hydrogens is 238 g/mol. The van der Waals surface area contributed by atoms with Gasteiger partial charge in [-0.15, -0.1) is 0 Å². The van der Waals surface area contributed by atoms with Gasteiger partial charge in [0.15, 0.2) is 6.61 Å². The predicted octanol–water partition coefficient (Wildman–Crippen LogP) is 0.848. The Hall–Kier alpha value is -1.24. The number of ether oxygens (including phenoxy) is 1. The molecule has 0 aliphatic rings. The van der Waals surface area contributed by atoms with Gasteiger partial charge in [0.1, 0.15) is 5.75 Å². The van der Waals surface area contributed by atoms with Crippen molar-refractivity contribution >= 4 is 17.9 Å². The van der Waals surface area contributed by atoms with Gasteiger partial charge in [-0.25, -0.2) is 5.43 Å². The molecule has 1 amide bonds. The van der Waals surface area contributed by atoms with E-state index in [4.69, 9.17) is 9.88 Å². The van der Waals surface area contributed by atoms with Gasteiger partial charge in [0.25, 0.3) is 5.91 Å². The zero-order valence-corrected chi connectivity index (χ0v) is 11.1. The van der Waals surface area contributed by atoms with E-state index in [2.05, 4.69) is 10.9 Å². The SMILES string of the molecule is CNNC(=O)COc1ccccc1C.CSN. The molecule has 0 spiro atoms. The summed E-state index contributed by atoms with van der Waals surface area (Å²) in [7, 11) is 1.63. The lowest BCUT2D eigenvalue weighted by atomic mass is 10.2. The molecule has 96 valence electrons. The Morgan fingerprint density at radius 2 is 2.06 bits per heavy atom. The molecular formula is C11H19N3O2S. The maximum Gasteiger partial charge on any atom is 0.271 e. The molecule has 0 unspecified atom stereocenters. The summed E-state index contributed by atoms with van der Waals surface area (Å²) < 4.78 is 5.30. The van der Waals surface area contributed by atoms with Gasteiger partial charge in [0.2, 0.25) is 0 Å². The van der Waals surface area contributed by atoms with E-state index in [-0.39, 0.29) is 12.5 Å². The number of hydrogen-bond acceptors (Lipinski definition) is 5. The third-order valence-corrected chi connectivity index (χ3v) is 1.72. The van der Waals surface area contributed by atoms with E-state index in [0.29, 0.717) is 0 Å². The molecule has 0 saturated heterocycles. The lowest BCUT2D eigenvalue weighted by molar-refractivity contribution is -0.123. The molecule has 1 rings (SSSR count). The smallest absolute Gasteiger partial charge is 0.271 e. The molecule has 1 aromatic rings. The summed E-state index contributed by atoms with van der Waals surface area (Å²) in [6.07, 6.45) is 1.82. The van der Waals surface area contributed by atoms with Crippen LogP contribution in [-0.4, -0.2) is 25.8 Å². The van der Waals surface area contributed by atoms with E-state index in [0.717, 1.165) is 11.3 Å². The predicted molar refractivity (Wildman–Crippen MR) is 71.6 cm³/mol. The highest BCUT2D eigenvalue weighted by Crippen LogP contribution is 2.15. The summed E-state index contributed by atoms with van der Waals surface area (Å²) in [5.41, 5.74) is 5.98. The van der Waals surface area contributed by atoms with Gasteiger partial charge in [-0.2, -0.15) is 0 Å². The number of carbonyl (C=O) groups is 1. The first kappa shape index (κ1) is 15.8. The number of benzene rings is 1. The minimum absolute atomic E-state index is 0.0195. The number of nitrogens with two attached hydrogens (primary N) is 1. The van der Waals surface area contributed by atoms with Crippen LogP contribution < -0.4 is 20.7 Å². The van der Waals surface area contributed by atoms with Gasteiger partial charge in [-0.3, -0.25) is 15.4 Å². The molecule has 1 aromatic carbocycles. The van der Waals surface area contributed by atoms with Crippen molar-refractivity contribution in [3.63, 3.8) is 0 Å². The van der Waals surface area contributed by atoms with Gasteiger partial charge in [-0.1, -0.05) is 30.1 Å². The average Bonchev–Trinajstić information content (AvgIpc) is 2.29. The molecule has 4 N–H and O–H groups in total. The molecule has 0 bridgehead atoms. The van der Waals surface area contributed by atoms with E-state index in [9.17, 15) is 4.79 Å². The van der Waals surface area contributed by atoms with Crippen LogP contribution in [0.4, 0.5) is 0 Å². The normalized spacial score (nSPS) is 8.94. The second kappa shape index (κ2) is 9.95. The first-order valence-corrected chi connectivity index (χ1v) is 6.31. The number of carbonyl (C=O) groups excluding carboxylic acids is 1. The van der Waals surface area contributed by atoms with Crippen LogP contribution in [0.5, 0.6) is 5.75 Å². The number of rotatable bonds is 4. The number of hydrogen-bond donors (Lipinski definition) is 3. The monoisotopic (exact) mass is 257 g/mol. The van der Waals surface area contributed by atoms with Crippen molar-refractivity contribution in [3.8, 4) is 5.75 Å². The van der Waals surface area contributed by atoms with Crippen molar-refractivity contribution < 1.29 is 9.53 Å². The van der Waals surface area contributed by atoms with E-state index in [1.807, 2.05) is 37.4 Å². The van der Waals surface area contributed by atoms with Crippen molar-refractivity contribution in [2.45, 2.75) is 6.92 Å². The van der Waals surface area contributed by atoms with Crippen LogP contribution in [0.15, 0.2) is 24.3 Å². The number of amides is 1. The van der Waals surface area contributed by atoms with Gasteiger partial charge < -0.3 is 4.74 Å². The van der Waals surface area contributed by atoms with Crippen molar-refractivity contribution in [1.82, 2.24) is 10.9 Å². The van der Waals surface area contributed by atoms with Crippen molar-refractivity contribution in [2.24, 2.45) is 5.14 Å². The summed E-state index contributed by atoms with van der Waals surface area (Å²) in [5.74, 6) is 0.537. The molecule has 0 aromatic heterocycles. The first-order chi connectivity index (χ1) is 8.15. The molecule has 0 saturated carbocycles.